The zero-order valence-electron chi connectivity index (χ0n) is 17.1. The van der Waals surface area contributed by atoms with E-state index in [1.165, 1.54) is 28.8 Å². The van der Waals surface area contributed by atoms with E-state index in [1.807, 2.05) is 6.07 Å². The smallest absolute Gasteiger partial charge is 0.227 e. The van der Waals surface area contributed by atoms with Crippen LogP contribution < -0.4 is 4.90 Å². The summed E-state index contributed by atoms with van der Waals surface area (Å²) >= 11 is 0. The number of fused-ring (bicyclic) bond motifs is 6. The molecule has 4 nitrogen and oxygen atoms in total. The van der Waals surface area contributed by atoms with Crippen LogP contribution in [0.15, 0.2) is 59.1 Å². The first-order chi connectivity index (χ1) is 14.1. The number of benzene rings is 2. The molecule has 0 N–H and O–H groups in total. The van der Waals surface area contributed by atoms with Crippen LogP contribution in [-0.2, 0) is 0 Å². The maximum Gasteiger partial charge on any atom is 0.227 e. The van der Waals surface area contributed by atoms with Crippen molar-refractivity contribution in [3.8, 4) is 0 Å². The molecule has 7 rings (SSSR count). The van der Waals surface area contributed by atoms with Gasteiger partial charge in [0.1, 0.15) is 0 Å². The molecule has 3 atom stereocenters. The molecule has 4 heteroatoms. The Balaban J connectivity index is 1.65. The van der Waals surface area contributed by atoms with E-state index in [2.05, 4.69) is 78.1 Å². The van der Waals surface area contributed by atoms with Gasteiger partial charge < -0.3 is 9.32 Å². The fraction of sp³-hybridized carbons (Fsp3) is 0.320. The number of pyridine rings is 1. The molecule has 1 saturated heterocycles. The standard InChI is InChI=1S/C25H25N3O/c1-15-10-11-19-20-9-6-14-26-25(20)29-24(19)23(15)28-16(2)27(3)21-12-13-22(28)18-8-5-4-7-17(18)21/h4-11,14,16,21-22H,12-13H2,1-3H3/t16-,21?,22?/m0/s1. The zero-order valence-corrected chi connectivity index (χ0v) is 17.1. The fourth-order valence-corrected chi connectivity index (χ4v) is 5.60. The Hall–Kier alpha value is -2.85. The molecule has 3 aliphatic rings. The van der Waals surface area contributed by atoms with Gasteiger partial charge >= 0.3 is 0 Å². The van der Waals surface area contributed by atoms with Crippen LogP contribution >= 0.6 is 0 Å². The summed E-state index contributed by atoms with van der Waals surface area (Å²) in [5.41, 5.74) is 7.08. The van der Waals surface area contributed by atoms with Gasteiger partial charge in [0.05, 0.1) is 17.9 Å². The average Bonchev–Trinajstić information content (AvgIpc) is 3.04. The molecule has 0 radical (unpaired) electrons. The van der Waals surface area contributed by atoms with Gasteiger partial charge in [0.25, 0.3) is 0 Å². The molecule has 0 saturated carbocycles. The van der Waals surface area contributed by atoms with Gasteiger partial charge in [-0.25, -0.2) is 4.98 Å². The second-order valence-electron chi connectivity index (χ2n) is 8.51. The first kappa shape index (κ1) is 17.0. The average molecular weight is 383 g/mol. The van der Waals surface area contributed by atoms with Crippen molar-refractivity contribution in [2.45, 2.75) is 44.9 Å². The summed E-state index contributed by atoms with van der Waals surface area (Å²) in [6, 6.07) is 18.3. The third-order valence-electron chi connectivity index (χ3n) is 7.10. The van der Waals surface area contributed by atoms with Crippen LogP contribution in [0.1, 0.15) is 48.5 Å². The van der Waals surface area contributed by atoms with E-state index >= 15 is 0 Å². The molecule has 2 aromatic carbocycles. The summed E-state index contributed by atoms with van der Waals surface area (Å²) in [7, 11) is 2.27. The van der Waals surface area contributed by atoms with Crippen molar-refractivity contribution in [3.05, 3.63) is 71.4 Å². The predicted molar refractivity (Wildman–Crippen MR) is 117 cm³/mol. The van der Waals surface area contributed by atoms with E-state index in [0.29, 0.717) is 12.1 Å². The van der Waals surface area contributed by atoms with E-state index in [4.69, 9.17) is 4.42 Å². The number of hydrogen-bond acceptors (Lipinski definition) is 4. The van der Waals surface area contributed by atoms with Crippen LogP contribution in [0.3, 0.4) is 0 Å². The van der Waals surface area contributed by atoms with Crippen LogP contribution in [-0.4, -0.2) is 23.1 Å². The van der Waals surface area contributed by atoms with E-state index in [9.17, 15) is 0 Å². The van der Waals surface area contributed by atoms with Crippen molar-refractivity contribution >= 4 is 27.8 Å². The molecule has 2 unspecified atom stereocenters. The summed E-state index contributed by atoms with van der Waals surface area (Å²) in [5.74, 6) is 0. The van der Waals surface area contributed by atoms with Gasteiger partial charge in [-0.15, -0.1) is 0 Å². The first-order valence-electron chi connectivity index (χ1n) is 10.5. The van der Waals surface area contributed by atoms with Crippen molar-refractivity contribution in [1.29, 1.82) is 0 Å². The van der Waals surface area contributed by atoms with Crippen LogP contribution in [0, 0.1) is 6.92 Å². The lowest BCUT2D eigenvalue weighted by Crippen LogP contribution is -2.43. The molecular weight excluding hydrogens is 358 g/mol. The van der Waals surface area contributed by atoms with Gasteiger partial charge in [-0.2, -0.15) is 0 Å². The molecule has 2 aliphatic heterocycles. The summed E-state index contributed by atoms with van der Waals surface area (Å²) in [6.07, 6.45) is 4.42. The normalized spacial score (nSPS) is 24.2. The van der Waals surface area contributed by atoms with Crippen LogP contribution in [0.2, 0.25) is 0 Å². The van der Waals surface area contributed by atoms with Gasteiger partial charge in [0, 0.05) is 23.0 Å². The van der Waals surface area contributed by atoms with E-state index in [1.54, 1.807) is 6.20 Å². The minimum Gasteiger partial charge on any atom is -0.436 e. The maximum absolute atomic E-state index is 6.37. The summed E-state index contributed by atoms with van der Waals surface area (Å²) in [6.45, 7) is 4.53. The third kappa shape index (κ3) is 2.26. The maximum atomic E-state index is 6.37. The molecule has 1 fully saturated rings. The van der Waals surface area contributed by atoms with E-state index in [-0.39, 0.29) is 6.17 Å². The fourth-order valence-electron chi connectivity index (χ4n) is 5.60. The molecule has 4 aromatic rings. The molecule has 0 amide bonds. The highest BCUT2D eigenvalue weighted by atomic mass is 16.3. The monoisotopic (exact) mass is 383 g/mol. The lowest BCUT2D eigenvalue weighted by Gasteiger charge is -2.39. The molecule has 29 heavy (non-hydrogen) atoms. The van der Waals surface area contributed by atoms with Gasteiger partial charge in [-0.3, -0.25) is 4.90 Å². The number of aromatic nitrogens is 1. The minimum absolute atomic E-state index is 0.269. The summed E-state index contributed by atoms with van der Waals surface area (Å²) in [4.78, 5) is 9.61. The molecule has 146 valence electrons. The van der Waals surface area contributed by atoms with Crippen molar-refractivity contribution < 1.29 is 4.42 Å². The first-order valence-corrected chi connectivity index (χ1v) is 10.5. The number of hydrogen-bond donors (Lipinski definition) is 0. The van der Waals surface area contributed by atoms with Crippen molar-refractivity contribution in [1.82, 2.24) is 9.88 Å². The quantitative estimate of drug-likeness (QED) is 0.406. The Labute approximate surface area is 170 Å². The van der Waals surface area contributed by atoms with Crippen molar-refractivity contribution in [2.75, 3.05) is 11.9 Å². The number of furan rings is 1. The van der Waals surface area contributed by atoms with E-state index < -0.39 is 0 Å². The molecule has 0 spiro atoms. The molecule has 4 heterocycles. The Kier molecular flexibility index (Phi) is 3.57. The third-order valence-corrected chi connectivity index (χ3v) is 7.10. The molecular formula is C25H25N3O. The topological polar surface area (TPSA) is 32.5 Å². The van der Waals surface area contributed by atoms with Crippen molar-refractivity contribution in [2.24, 2.45) is 0 Å². The van der Waals surface area contributed by atoms with Crippen molar-refractivity contribution in [3.63, 3.8) is 0 Å². The van der Waals surface area contributed by atoms with E-state index in [0.717, 1.165) is 28.5 Å². The zero-order chi connectivity index (χ0) is 19.7. The Morgan fingerprint density at radius 3 is 2.52 bits per heavy atom. The number of aryl methyl sites for hydroxylation is 1. The Morgan fingerprint density at radius 1 is 0.931 bits per heavy atom. The second-order valence-corrected chi connectivity index (χ2v) is 8.51. The lowest BCUT2D eigenvalue weighted by molar-refractivity contribution is 0.191. The van der Waals surface area contributed by atoms with Crippen LogP contribution in [0.5, 0.6) is 0 Å². The lowest BCUT2D eigenvalue weighted by atomic mass is 9.84. The van der Waals surface area contributed by atoms with Gasteiger partial charge in [0.2, 0.25) is 5.71 Å². The molecule has 1 aliphatic carbocycles. The van der Waals surface area contributed by atoms with Crippen LogP contribution in [0.4, 0.5) is 5.69 Å². The number of anilines is 1. The summed E-state index contributed by atoms with van der Waals surface area (Å²) < 4.78 is 6.37. The largest absolute Gasteiger partial charge is 0.436 e. The predicted octanol–water partition coefficient (Wildman–Crippen LogP) is 5.96. The Morgan fingerprint density at radius 2 is 1.69 bits per heavy atom. The van der Waals surface area contributed by atoms with Gasteiger partial charge in [-0.05, 0) is 62.6 Å². The summed E-state index contributed by atoms with van der Waals surface area (Å²) in [5, 5.41) is 2.24. The number of rotatable bonds is 1. The Bertz CT molecular complexity index is 1240. The highest BCUT2D eigenvalue weighted by Gasteiger charge is 2.42. The second kappa shape index (κ2) is 6.07. The van der Waals surface area contributed by atoms with Gasteiger partial charge in [-0.1, -0.05) is 36.4 Å². The minimum atomic E-state index is 0.269. The molecule has 2 bridgehead atoms. The van der Waals surface area contributed by atoms with Crippen LogP contribution in [0.25, 0.3) is 22.1 Å². The molecule has 2 aromatic heterocycles. The highest BCUT2D eigenvalue weighted by molar-refractivity contribution is 6.08. The SMILES string of the molecule is Cc1ccc2c(oc3ncccc32)c1N1C2CCC(c3ccccc32)N(C)[C@@H]1C. The highest BCUT2D eigenvalue weighted by Crippen LogP contribution is 2.51. The van der Waals surface area contributed by atoms with Gasteiger partial charge in [0.15, 0.2) is 5.58 Å². The number of nitrogens with zero attached hydrogens (tertiary/aromatic N) is 3.